The number of halogens is 1. The number of nitrogens with one attached hydrogen (secondary N) is 1. The van der Waals surface area contributed by atoms with E-state index in [0.717, 1.165) is 71.4 Å². The summed E-state index contributed by atoms with van der Waals surface area (Å²) in [5, 5.41) is 1.01. The van der Waals surface area contributed by atoms with Crippen LogP contribution in [0.25, 0.3) is 10.9 Å². The van der Waals surface area contributed by atoms with Gasteiger partial charge in [-0.15, -0.1) is 0 Å². The molecule has 2 aromatic rings. The third-order valence-corrected chi connectivity index (χ3v) is 12.8. The predicted molar refractivity (Wildman–Crippen MR) is 177 cm³/mol. The molecule has 2 bridgehead atoms. The van der Waals surface area contributed by atoms with Crippen LogP contribution in [-0.4, -0.2) is 86.4 Å². The van der Waals surface area contributed by atoms with Crippen molar-refractivity contribution in [3.05, 3.63) is 63.9 Å². The summed E-state index contributed by atoms with van der Waals surface area (Å²) < 4.78 is 48.5. The van der Waals surface area contributed by atoms with Gasteiger partial charge in [0.25, 0.3) is 5.91 Å². The predicted octanol–water partition coefficient (Wildman–Crippen LogP) is 4.70. The number of aromatic nitrogens is 1. The molecule has 8 rings (SSSR count). The number of carbonyl (C=O) groups is 2. The molecule has 2 saturated heterocycles. The molecule has 4 atom stereocenters. The summed E-state index contributed by atoms with van der Waals surface area (Å²) >= 11 is 0. The van der Waals surface area contributed by atoms with Crippen molar-refractivity contribution in [2.45, 2.75) is 81.8 Å². The number of carbonyl (C=O) groups excluding carboxylic acids is 2. The van der Waals surface area contributed by atoms with E-state index in [4.69, 9.17) is 4.74 Å². The minimum absolute atomic E-state index is 0.159. The number of methoxy groups -OCH3 is 1. The zero-order valence-electron chi connectivity index (χ0n) is 27.1. The fraction of sp³-hybridized carbons (Fsp3) is 0.556. The number of nitrogens with zero attached hydrogens (tertiary/aromatic N) is 3. The molecule has 1 saturated carbocycles. The first kappa shape index (κ1) is 30.9. The Morgan fingerprint density at radius 3 is 2.60 bits per heavy atom. The average molecular weight is 663 g/mol. The summed E-state index contributed by atoms with van der Waals surface area (Å²) in [6, 6.07) is 6.90. The van der Waals surface area contributed by atoms with Gasteiger partial charge in [0.2, 0.25) is 15.9 Å². The number of likely N-dealkylation sites (tertiary alicyclic amines) is 2. The van der Waals surface area contributed by atoms with Crippen LogP contribution in [-0.2, 0) is 26.2 Å². The highest BCUT2D eigenvalue weighted by atomic mass is 32.2. The van der Waals surface area contributed by atoms with Gasteiger partial charge in [-0.1, -0.05) is 37.5 Å². The van der Waals surface area contributed by atoms with Gasteiger partial charge < -0.3 is 19.1 Å². The number of benzene rings is 1. The minimum Gasteiger partial charge on any atom is -0.496 e. The van der Waals surface area contributed by atoms with E-state index in [1.165, 1.54) is 24.8 Å². The summed E-state index contributed by atoms with van der Waals surface area (Å²) in [6.07, 6.45) is 11.4. The Morgan fingerprint density at radius 1 is 1.11 bits per heavy atom. The van der Waals surface area contributed by atoms with Crippen LogP contribution in [0, 0.1) is 5.92 Å². The van der Waals surface area contributed by atoms with Gasteiger partial charge in [0.1, 0.15) is 5.75 Å². The molecule has 3 fully saturated rings. The number of allylic oxidation sites excluding steroid dienone is 4. The molecule has 250 valence electrons. The van der Waals surface area contributed by atoms with Crippen molar-refractivity contribution >= 4 is 32.7 Å². The number of rotatable bonds is 8. The van der Waals surface area contributed by atoms with E-state index >= 15 is 0 Å². The molecule has 4 heterocycles. The topological polar surface area (TPSA) is 101 Å². The van der Waals surface area contributed by atoms with Gasteiger partial charge in [0.15, 0.2) is 0 Å². The first-order chi connectivity index (χ1) is 22.7. The van der Waals surface area contributed by atoms with Crippen molar-refractivity contribution in [1.82, 2.24) is 19.1 Å². The molecule has 47 heavy (non-hydrogen) atoms. The van der Waals surface area contributed by atoms with Gasteiger partial charge in [0.05, 0.1) is 36.5 Å². The van der Waals surface area contributed by atoms with Gasteiger partial charge in [-0.2, -0.15) is 0 Å². The molecule has 1 aromatic heterocycles. The number of hydrogen-bond acceptors (Lipinski definition) is 6. The monoisotopic (exact) mass is 662 g/mol. The van der Waals surface area contributed by atoms with Crippen LogP contribution in [0.15, 0.2) is 52.6 Å². The summed E-state index contributed by atoms with van der Waals surface area (Å²) in [4.78, 5) is 32.6. The zero-order chi connectivity index (χ0) is 32.6. The number of piperazine rings is 1. The Hall–Kier alpha value is -3.44. The maximum absolute atomic E-state index is 14.6. The van der Waals surface area contributed by atoms with Crippen LogP contribution in [0.4, 0.5) is 4.39 Å². The first-order valence-corrected chi connectivity index (χ1v) is 18.8. The molecule has 3 aliphatic heterocycles. The molecule has 3 unspecified atom stereocenters. The quantitative estimate of drug-likeness (QED) is 0.440. The van der Waals surface area contributed by atoms with Crippen LogP contribution < -0.4 is 9.46 Å². The SMILES string of the molecule is COc1ccc(C2CCCCC2)c2c1cc1n2CC2=C(C(=O)NS(=O)(=O)CCCF)C2=C2C=CC[C@@H](C(=O)N3C4CC3CN(C)C4)C21. The van der Waals surface area contributed by atoms with Gasteiger partial charge in [-0.3, -0.25) is 14.0 Å². The highest BCUT2D eigenvalue weighted by molar-refractivity contribution is 7.90. The average Bonchev–Trinajstić information content (AvgIpc) is 3.69. The van der Waals surface area contributed by atoms with Crippen molar-refractivity contribution < 1.29 is 27.1 Å². The fourth-order valence-corrected chi connectivity index (χ4v) is 10.3. The smallest absolute Gasteiger partial charge is 0.265 e. The van der Waals surface area contributed by atoms with E-state index in [1.807, 2.05) is 12.2 Å². The van der Waals surface area contributed by atoms with Gasteiger partial charge in [-0.05, 0) is 79.5 Å². The number of hydrogen-bond donors (Lipinski definition) is 1. The second kappa shape index (κ2) is 11.6. The van der Waals surface area contributed by atoms with E-state index in [9.17, 15) is 22.4 Å². The molecule has 3 aliphatic carbocycles. The summed E-state index contributed by atoms with van der Waals surface area (Å²) in [7, 11) is -0.195. The fourth-order valence-electron chi connectivity index (χ4n) is 9.37. The molecule has 1 aromatic carbocycles. The normalized spacial score (nSPS) is 27.2. The molecule has 9 nitrogen and oxygen atoms in total. The first-order valence-electron chi connectivity index (χ1n) is 17.2. The van der Waals surface area contributed by atoms with Gasteiger partial charge in [-0.25, -0.2) is 13.1 Å². The van der Waals surface area contributed by atoms with Crippen LogP contribution in [0.2, 0.25) is 0 Å². The Balaban J connectivity index is 1.27. The van der Waals surface area contributed by atoms with Crippen molar-refractivity contribution in [2.24, 2.45) is 5.92 Å². The molecular weight excluding hydrogens is 619 g/mol. The number of likely N-dealkylation sites (N-methyl/N-ethyl adjacent to an activating group) is 1. The Bertz CT molecular complexity index is 1860. The second-order valence-corrected chi connectivity index (χ2v) is 16.2. The van der Waals surface area contributed by atoms with E-state index < -0.39 is 28.4 Å². The largest absolute Gasteiger partial charge is 0.496 e. The van der Waals surface area contributed by atoms with E-state index in [1.54, 1.807) is 7.11 Å². The van der Waals surface area contributed by atoms with Crippen molar-refractivity contribution in [3.63, 3.8) is 0 Å². The summed E-state index contributed by atoms with van der Waals surface area (Å²) in [5.41, 5.74) is 6.25. The van der Waals surface area contributed by atoms with Crippen LogP contribution in [0.5, 0.6) is 5.75 Å². The Kier molecular flexibility index (Phi) is 7.63. The van der Waals surface area contributed by atoms with Crippen molar-refractivity contribution in [2.75, 3.05) is 39.7 Å². The number of alkyl halides is 1. The third-order valence-electron chi connectivity index (χ3n) is 11.5. The summed E-state index contributed by atoms with van der Waals surface area (Å²) in [5.74, 6) is -0.428. The molecule has 11 heteroatoms. The molecule has 0 radical (unpaired) electrons. The van der Waals surface area contributed by atoms with E-state index in [0.29, 0.717) is 24.5 Å². The Morgan fingerprint density at radius 2 is 1.87 bits per heavy atom. The van der Waals surface area contributed by atoms with Crippen LogP contribution >= 0.6 is 0 Å². The number of piperidine rings is 1. The van der Waals surface area contributed by atoms with Crippen molar-refractivity contribution in [1.29, 1.82) is 0 Å². The van der Waals surface area contributed by atoms with Crippen molar-refractivity contribution in [3.8, 4) is 5.75 Å². The number of amides is 2. The second-order valence-electron chi connectivity index (χ2n) is 14.3. The lowest BCUT2D eigenvalue weighted by atomic mass is 9.74. The number of fused-ring (bicyclic) bond motifs is 8. The molecule has 0 spiro atoms. The number of sulfonamides is 1. The highest BCUT2D eigenvalue weighted by Gasteiger charge is 2.52. The van der Waals surface area contributed by atoms with E-state index in [-0.39, 0.29) is 36.2 Å². The van der Waals surface area contributed by atoms with Crippen LogP contribution in [0.3, 0.4) is 0 Å². The maximum Gasteiger partial charge on any atom is 0.265 e. The molecule has 6 aliphatic rings. The lowest BCUT2D eigenvalue weighted by molar-refractivity contribution is -0.158. The lowest BCUT2D eigenvalue weighted by Crippen LogP contribution is -2.70. The maximum atomic E-state index is 14.6. The Labute approximate surface area is 275 Å². The standard InChI is InChI=1S/C36H43FN4O5S/c1-39-18-22-16-23(19-39)41(22)36(43)26-11-6-10-25-31(26)29-17-27-30(46-2)13-12-24(21-8-4-3-5-9-21)34(27)40(29)20-28-32(25)33(28)35(42)38-47(44,45)15-7-14-37/h6,10,12-13,17,21-23,26,31H,3-5,7-9,11,14-16,18-20H2,1-2H3,(H,38,42)/t22?,23?,26-,31?/m1/s1. The highest BCUT2D eigenvalue weighted by Crippen LogP contribution is 2.55. The minimum atomic E-state index is -3.99. The number of ether oxygens (including phenoxy) is 1. The van der Waals surface area contributed by atoms with E-state index in [2.05, 4.69) is 44.3 Å². The van der Waals surface area contributed by atoms with Gasteiger partial charge in [0, 0.05) is 48.7 Å². The third kappa shape index (κ3) is 5.07. The van der Waals surface area contributed by atoms with Crippen LogP contribution in [0.1, 0.15) is 74.5 Å². The molecule has 1 N–H and O–H groups in total. The van der Waals surface area contributed by atoms with Gasteiger partial charge >= 0.3 is 0 Å². The molecular formula is C36H43FN4O5S. The molecule has 2 amide bonds. The summed E-state index contributed by atoms with van der Waals surface area (Å²) in [6.45, 7) is 1.38. The zero-order valence-corrected chi connectivity index (χ0v) is 28.0. The lowest BCUT2D eigenvalue weighted by Gasteiger charge is -2.57.